The quantitative estimate of drug-likeness (QED) is 0.481. The van der Waals surface area contributed by atoms with E-state index in [1.165, 1.54) is 5.56 Å². The molecule has 0 radical (unpaired) electrons. The van der Waals surface area contributed by atoms with Crippen molar-refractivity contribution in [1.29, 1.82) is 0 Å². The van der Waals surface area contributed by atoms with Crippen LogP contribution in [0.3, 0.4) is 0 Å². The van der Waals surface area contributed by atoms with Crippen LogP contribution in [0, 0.1) is 0 Å². The Bertz CT molecular complexity index is 1110. The van der Waals surface area contributed by atoms with Gasteiger partial charge in [0.05, 0.1) is 17.0 Å². The van der Waals surface area contributed by atoms with Gasteiger partial charge in [-0.15, -0.1) is 0 Å². The minimum Gasteiger partial charge on any atom is -0.494 e. The second-order valence-corrected chi connectivity index (χ2v) is 7.12. The van der Waals surface area contributed by atoms with Crippen LogP contribution in [0.1, 0.15) is 16.7 Å². The molecule has 4 rings (SSSR count). The third-order valence-corrected chi connectivity index (χ3v) is 4.65. The summed E-state index contributed by atoms with van der Waals surface area (Å²) in [7, 11) is 4.11. The topological polar surface area (TPSA) is 51.6 Å². The van der Waals surface area contributed by atoms with Crippen molar-refractivity contribution in [2.24, 2.45) is 4.99 Å². The Balaban J connectivity index is 1.85. The van der Waals surface area contributed by atoms with Gasteiger partial charge in [-0.25, -0.2) is 4.99 Å². The third-order valence-electron chi connectivity index (χ3n) is 4.65. The van der Waals surface area contributed by atoms with Gasteiger partial charge in [0.1, 0.15) is 0 Å². The van der Waals surface area contributed by atoms with Crippen molar-refractivity contribution < 1.29 is 5.11 Å². The number of para-hydroxylation sites is 1. The number of aromatic amines is 1. The van der Waals surface area contributed by atoms with Gasteiger partial charge in [0.15, 0.2) is 5.88 Å². The monoisotopic (exact) mass is 369 g/mol. The van der Waals surface area contributed by atoms with Crippen molar-refractivity contribution in [3.8, 4) is 5.88 Å². The molecule has 0 spiro atoms. The molecule has 0 aliphatic rings. The van der Waals surface area contributed by atoms with E-state index < -0.39 is 0 Å². The van der Waals surface area contributed by atoms with E-state index in [0.29, 0.717) is 0 Å². The number of nitrogens with zero attached hydrogens (tertiary/aromatic N) is 2. The van der Waals surface area contributed by atoms with E-state index in [1.54, 1.807) is 0 Å². The van der Waals surface area contributed by atoms with Gasteiger partial charge in [-0.1, -0.05) is 60.7 Å². The molecule has 28 heavy (non-hydrogen) atoms. The molecule has 0 bridgehead atoms. The first-order valence-electron chi connectivity index (χ1n) is 9.29. The molecular weight excluding hydrogens is 346 g/mol. The molecule has 0 unspecified atom stereocenters. The Morgan fingerprint density at radius 1 is 0.893 bits per heavy atom. The Morgan fingerprint density at radius 3 is 2.29 bits per heavy atom. The summed E-state index contributed by atoms with van der Waals surface area (Å²) in [5.74, 6) is 0.132. The average Bonchev–Trinajstić information content (AvgIpc) is 3.03. The SMILES string of the molecule is CN(C)Cc1ccc(N=C(c2ccccc2)c2c(O)[nH]c3ccccc23)cc1. The largest absolute Gasteiger partial charge is 0.494 e. The summed E-state index contributed by atoms with van der Waals surface area (Å²) in [6.45, 7) is 0.888. The molecule has 0 amide bonds. The molecule has 0 aliphatic carbocycles. The highest BCUT2D eigenvalue weighted by atomic mass is 16.3. The molecule has 2 N–H and O–H groups in total. The molecule has 4 aromatic rings. The predicted octanol–water partition coefficient (Wildman–Crippen LogP) is 5.10. The van der Waals surface area contributed by atoms with Gasteiger partial charge >= 0.3 is 0 Å². The maximum absolute atomic E-state index is 10.6. The fourth-order valence-electron chi connectivity index (χ4n) is 3.40. The lowest BCUT2D eigenvalue weighted by atomic mass is 10.0. The van der Waals surface area contributed by atoms with E-state index in [-0.39, 0.29) is 5.88 Å². The molecule has 0 atom stereocenters. The molecule has 1 aromatic heterocycles. The first kappa shape index (κ1) is 18.0. The van der Waals surface area contributed by atoms with Crippen LogP contribution in [0.15, 0.2) is 83.9 Å². The van der Waals surface area contributed by atoms with Gasteiger partial charge in [0.2, 0.25) is 0 Å². The number of H-pyrrole nitrogens is 1. The fourth-order valence-corrected chi connectivity index (χ4v) is 3.40. The normalized spacial score (nSPS) is 12.0. The van der Waals surface area contributed by atoms with Crippen molar-refractivity contribution in [3.05, 3.63) is 95.6 Å². The number of hydrogen-bond acceptors (Lipinski definition) is 3. The van der Waals surface area contributed by atoms with Crippen LogP contribution < -0.4 is 0 Å². The highest BCUT2D eigenvalue weighted by Crippen LogP contribution is 2.31. The fraction of sp³-hybridized carbons (Fsp3) is 0.125. The lowest BCUT2D eigenvalue weighted by Crippen LogP contribution is -2.10. The minimum atomic E-state index is 0.132. The highest BCUT2D eigenvalue weighted by Gasteiger charge is 2.18. The van der Waals surface area contributed by atoms with Crippen molar-refractivity contribution >= 4 is 22.3 Å². The van der Waals surface area contributed by atoms with E-state index in [0.717, 1.165) is 40.0 Å². The highest BCUT2D eigenvalue weighted by molar-refractivity contribution is 6.21. The van der Waals surface area contributed by atoms with Crippen LogP contribution in [0.2, 0.25) is 0 Å². The number of aromatic nitrogens is 1. The van der Waals surface area contributed by atoms with Gasteiger partial charge in [0.25, 0.3) is 0 Å². The first-order chi connectivity index (χ1) is 13.6. The Morgan fingerprint density at radius 2 is 1.57 bits per heavy atom. The predicted molar refractivity (Wildman–Crippen MR) is 116 cm³/mol. The van der Waals surface area contributed by atoms with Crippen LogP contribution in [-0.4, -0.2) is 34.8 Å². The standard InChI is InChI=1S/C24H23N3O/c1-27(2)16-17-12-14-19(15-13-17)25-23(18-8-4-3-5-9-18)22-20-10-6-7-11-21(20)26-24(22)28/h3-15,26,28H,16H2,1-2H3. The van der Waals surface area contributed by atoms with Crippen LogP contribution in [-0.2, 0) is 6.54 Å². The minimum absolute atomic E-state index is 0.132. The summed E-state index contributed by atoms with van der Waals surface area (Å²) >= 11 is 0. The number of benzene rings is 3. The molecule has 4 nitrogen and oxygen atoms in total. The van der Waals surface area contributed by atoms with Crippen LogP contribution in [0.4, 0.5) is 5.69 Å². The van der Waals surface area contributed by atoms with Crippen LogP contribution >= 0.6 is 0 Å². The zero-order valence-corrected chi connectivity index (χ0v) is 16.1. The molecule has 3 aromatic carbocycles. The number of rotatable bonds is 5. The van der Waals surface area contributed by atoms with Crippen LogP contribution in [0.5, 0.6) is 5.88 Å². The maximum Gasteiger partial charge on any atom is 0.199 e. The van der Waals surface area contributed by atoms with E-state index in [2.05, 4.69) is 36.1 Å². The van der Waals surface area contributed by atoms with Gasteiger partial charge < -0.3 is 15.0 Å². The zero-order chi connectivity index (χ0) is 19.5. The Hall–Kier alpha value is -3.37. The van der Waals surface area contributed by atoms with Crippen LogP contribution in [0.25, 0.3) is 10.9 Å². The third kappa shape index (κ3) is 3.68. The van der Waals surface area contributed by atoms with Crippen molar-refractivity contribution in [1.82, 2.24) is 9.88 Å². The van der Waals surface area contributed by atoms with Gasteiger partial charge in [-0.05, 0) is 37.9 Å². The molecule has 1 heterocycles. The number of hydrogen-bond donors (Lipinski definition) is 2. The number of nitrogens with one attached hydrogen (secondary N) is 1. The number of fused-ring (bicyclic) bond motifs is 1. The lowest BCUT2D eigenvalue weighted by molar-refractivity contribution is 0.402. The molecule has 140 valence electrons. The van der Waals surface area contributed by atoms with Gasteiger partial charge in [0, 0.05) is 23.0 Å². The van der Waals surface area contributed by atoms with E-state index in [1.807, 2.05) is 66.7 Å². The Labute approximate surface area is 164 Å². The van der Waals surface area contributed by atoms with Crippen molar-refractivity contribution in [2.45, 2.75) is 6.54 Å². The molecule has 0 saturated carbocycles. The van der Waals surface area contributed by atoms with E-state index >= 15 is 0 Å². The molecule has 4 heteroatoms. The second kappa shape index (κ2) is 7.71. The second-order valence-electron chi connectivity index (χ2n) is 7.12. The number of aromatic hydroxyl groups is 1. The molecular formula is C24H23N3O. The number of aliphatic imine (C=N–C) groups is 1. The van der Waals surface area contributed by atoms with Crippen molar-refractivity contribution in [2.75, 3.05) is 14.1 Å². The molecule has 0 saturated heterocycles. The summed E-state index contributed by atoms with van der Waals surface area (Å²) in [5, 5.41) is 11.6. The van der Waals surface area contributed by atoms with E-state index in [9.17, 15) is 5.11 Å². The maximum atomic E-state index is 10.6. The lowest BCUT2D eigenvalue weighted by Gasteiger charge is -2.10. The van der Waals surface area contributed by atoms with Gasteiger partial charge in [-0.2, -0.15) is 0 Å². The first-order valence-corrected chi connectivity index (χ1v) is 9.29. The molecule has 0 fully saturated rings. The van der Waals surface area contributed by atoms with Crippen molar-refractivity contribution in [3.63, 3.8) is 0 Å². The Kier molecular flexibility index (Phi) is 4.96. The summed E-state index contributed by atoms with van der Waals surface area (Å²) < 4.78 is 0. The summed E-state index contributed by atoms with van der Waals surface area (Å²) in [6, 6.07) is 26.1. The zero-order valence-electron chi connectivity index (χ0n) is 16.1. The van der Waals surface area contributed by atoms with Gasteiger partial charge in [-0.3, -0.25) is 0 Å². The smallest absolute Gasteiger partial charge is 0.199 e. The summed E-state index contributed by atoms with van der Waals surface area (Å²) in [6.07, 6.45) is 0. The molecule has 0 aliphatic heterocycles. The summed E-state index contributed by atoms with van der Waals surface area (Å²) in [5.41, 5.74) is 5.40. The van der Waals surface area contributed by atoms with E-state index in [4.69, 9.17) is 4.99 Å². The average molecular weight is 369 g/mol. The summed E-state index contributed by atoms with van der Waals surface area (Å²) in [4.78, 5) is 10.1.